The van der Waals surface area contributed by atoms with E-state index in [0.717, 1.165) is 6.07 Å². The molecule has 21 heavy (non-hydrogen) atoms. The van der Waals surface area contributed by atoms with Crippen LogP contribution in [0.15, 0.2) is 42.7 Å². The number of benzene rings is 1. The van der Waals surface area contributed by atoms with Crippen LogP contribution in [0.2, 0.25) is 5.02 Å². The van der Waals surface area contributed by atoms with Gasteiger partial charge in [-0.25, -0.2) is 4.39 Å². The molecule has 1 aromatic heterocycles. The van der Waals surface area contributed by atoms with Crippen LogP contribution in [0.3, 0.4) is 0 Å². The predicted molar refractivity (Wildman–Crippen MR) is 76.0 cm³/mol. The van der Waals surface area contributed by atoms with E-state index in [-0.39, 0.29) is 17.0 Å². The van der Waals surface area contributed by atoms with E-state index in [1.165, 1.54) is 12.1 Å². The van der Waals surface area contributed by atoms with Crippen molar-refractivity contribution >= 4 is 17.5 Å². The average Bonchev–Trinajstić information content (AvgIpc) is 2.43. The van der Waals surface area contributed by atoms with Gasteiger partial charge >= 0.3 is 0 Å². The molecule has 0 bridgehead atoms. The van der Waals surface area contributed by atoms with Crippen molar-refractivity contribution in [2.24, 2.45) is 0 Å². The lowest BCUT2D eigenvalue weighted by Crippen LogP contribution is -2.56. The number of hydrogen-bond acceptors (Lipinski definition) is 3. The number of carbonyl (C=O) groups excluding carboxylic acids is 1. The number of ether oxygens (including phenoxy) is 1. The highest BCUT2D eigenvalue weighted by molar-refractivity contribution is 6.33. The van der Waals surface area contributed by atoms with Gasteiger partial charge in [-0.1, -0.05) is 11.6 Å². The largest absolute Gasteiger partial charge is 0.485 e. The van der Waals surface area contributed by atoms with Gasteiger partial charge in [0.05, 0.1) is 29.9 Å². The molecule has 0 spiro atoms. The molecule has 6 heteroatoms. The fourth-order valence-electron chi connectivity index (χ4n) is 2.12. The van der Waals surface area contributed by atoms with Crippen LogP contribution in [-0.2, 0) is 0 Å². The van der Waals surface area contributed by atoms with Gasteiger partial charge in [-0.3, -0.25) is 9.78 Å². The average molecular weight is 307 g/mol. The molecule has 1 saturated heterocycles. The Balaban J connectivity index is 1.59. The maximum Gasteiger partial charge on any atom is 0.255 e. The standard InChI is InChI=1S/C15H12ClFN2O2/c16-14-6-10(17)3-4-13(14)15(20)19-8-12(9-19)21-11-2-1-5-18-7-11/h1-7,12H,8-9H2. The highest BCUT2D eigenvalue weighted by Gasteiger charge is 2.33. The molecule has 0 unspecified atom stereocenters. The Labute approximate surface area is 126 Å². The second kappa shape index (κ2) is 5.69. The van der Waals surface area contributed by atoms with Gasteiger partial charge in [0, 0.05) is 6.20 Å². The summed E-state index contributed by atoms with van der Waals surface area (Å²) in [6.45, 7) is 0.947. The number of aromatic nitrogens is 1. The van der Waals surface area contributed by atoms with Crippen LogP contribution in [0.5, 0.6) is 5.75 Å². The molecular weight excluding hydrogens is 295 g/mol. The molecule has 108 valence electrons. The van der Waals surface area contributed by atoms with Crippen molar-refractivity contribution in [3.8, 4) is 5.75 Å². The zero-order chi connectivity index (χ0) is 14.8. The molecule has 1 aromatic carbocycles. The van der Waals surface area contributed by atoms with Crippen LogP contribution in [0, 0.1) is 5.82 Å². The van der Waals surface area contributed by atoms with E-state index in [1.807, 2.05) is 6.07 Å². The van der Waals surface area contributed by atoms with E-state index >= 15 is 0 Å². The van der Waals surface area contributed by atoms with Gasteiger partial charge in [0.2, 0.25) is 0 Å². The molecular formula is C15H12ClFN2O2. The summed E-state index contributed by atoms with van der Waals surface area (Å²) in [7, 11) is 0. The zero-order valence-corrected chi connectivity index (χ0v) is 11.8. The van der Waals surface area contributed by atoms with E-state index in [4.69, 9.17) is 16.3 Å². The van der Waals surface area contributed by atoms with Crippen molar-refractivity contribution < 1.29 is 13.9 Å². The van der Waals surface area contributed by atoms with Gasteiger partial charge in [0.15, 0.2) is 0 Å². The third-order valence-corrected chi connectivity index (χ3v) is 3.55. The maximum absolute atomic E-state index is 13.0. The molecule has 0 atom stereocenters. The molecule has 1 fully saturated rings. The number of rotatable bonds is 3. The first kappa shape index (κ1) is 13.8. The Kier molecular flexibility index (Phi) is 3.75. The Morgan fingerprint density at radius 3 is 2.86 bits per heavy atom. The zero-order valence-electron chi connectivity index (χ0n) is 11.0. The number of likely N-dealkylation sites (tertiary alicyclic amines) is 1. The van der Waals surface area contributed by atoms with Gasteiger partial charge in [0.25, 0.3) is 5.91 Å². The molecule has 1 amide bonds. The first-order valence-electron chi connectivity index (χ1n) is 6.44. The summed E-state index contributed by atoms with van der Waals surface area (Å²) >= 11 is 5.89. The van der Waals surface area contributed by atoms with Crippen LogP contribution in [0.4, 0.5) is 4.39 Å². The van der Waals surface area contributed by atoms with E-state index < -0.39 is 5.82 Å². The fraction of sp³-hybridized carbons (Fsp3) is 0.200. The van der Waals surface area contributed by atoms with Crippen LogP contribution in [-0.4, -0.2) is 35.0 Å². The summed E-state index contributed by atoms with van der Waals surface area (Å²) in [5, 5.41) is 0.122. The summed E-state index contributed by atoms with van der Waals surface area (Å²) in [5.74, 6) is -0.00148. The van der Waals surface area contributed by atoms with Crippen molar-refractivity contribution in [2.75, 3.05) is 13.1 Å². The number of pyridine rings is 1. The molecule has 1 aliphatic heterocycles. The smallest absolute Gasteiger partial charge is 0.255 e. The fourth-order valence-corrected chi connectivity index (χ4v) is 2.37. The lowest BCUT2D eigenvalue weighted by Gasteiger charge is -2.39. The number of amides is 1. The second-order valence-corrected chi connectivity index (χ2v) is 5.17. The molecule has 1 aliphatic rings. The number of nitrogens with zero attached hydrogens (tertiary/aromatic N) is 2. The predicted octanol–water partition coefficient (Wildman–Crippen LogP) is 2.78. The summed E-state index contributed by atoms with van der Waals surface area (Å²) in [5.41, 5.74) is 0.304. The molecule has 2 aromatic rings. The minimum atomic E-state index is -0.460. The Morgan fingerprint density at radius 1 is 1.38 bits per heavy atom. The third kappa shape index (κ3) is 2.97. The highest BCUT2D eigenvalue weighted by Crippen LogP contribution is 2.23. The van der Waals surface area contributed by atoms with Gasteiger partial charge in [-0.2, -0.15) is 0 Å². The first-order valence-corrected chi connectivity index (χ1v) is 6.82. The Hall–Kier alpha value is -2.14. The molecule has 2 heterocycles. The summed E-state index contributed by atoms with van der Waals surface area (Å²) < 4.78 is 18.6. The van der Waals surface area contributed by atoms with Crippen molar-refractivity contribution in [3.63, 3.8) is 0 Å². The molecule has 4 nitrogen and oxygen atoms in total. The van der Waals surface area contributed by atoms with Crippen LogP contribution in [0.1, 0.15) is 10.4 Å². The van der Waals surface area contributed by atoms with E-state index in [1.54, 1.807) is 23.4 Å². The van der Waals surface area contributed by atoms with E-state index in [9.17, 15) is 9.18 Å². The lowest BCUT2D eigenvalue weighted by molar-refractivity contribution is 0.0176. The molecule has 0 N–H and O–H groups in total. The Morgan fingerprint density at radius 2 is 2.19 bits per heavy atom. The molecule has 0 radical (unpaired) electrons. The maximum atomic E-state index is 13.0. The summed E-state index contributed by atoms with van der Waals surface area (Å²) in [6, 6.07) is 7.36. The van der Waals surface area contributed by atoms with E-state index in [2.05, 4.69) is 4.98 Å². The number of carbonyl (C=O) groups is 1. The highest BCUT2D eigenvalue weighted by atomic mass is 35.5. The normalized spacial score (nSPS) is 14.7. The van der Waals surface area contributed by atoms with Gasteiger partial charge < -0.3 is 9.64 Å². The third-order valence-electron chi connectivity index (χ3n) is 3.23. The monoisotopic (exact) mass is 306 g/mol. The second-order valence-electron chi connectivity index (χ2n) is 4.76. The lowest BCUT2D eigenvalue weighted by atomic mass is 10.1. The van der Waals surface area contributed by atoms with Gasteiger partial charge in [-0.15, -0.1) is 0 Å². The minimum Gasteiger partial charge on any atom is -0.485 e. The van der Waals surface area contributed by atoms with Crippen molar-refractivity contribution in [1.29, 1.82) is 0 Å². The van der Waals surface area contributed by atoms with Crippen molar-refractivity contribution in [3.05, 3.63) is 59.1 Å². The van der Waals surface area contributed by atoms with Crippen LogP contribution >= 0.6 is 11.6 Å². The van der Waals surface area contributed by atoms with Crippen LogP contribution in [0.25, 0.3) is 0 Å². The van der Waals surface area contributed by atoms with Crippen molar-refractivity contribution in [2.45, 2.75) is 6.10 Å². The molecule has 3 rings (SSSR count). The molecule has 0 saturated carbocycles. The SMILES string of the molecule is O=C(c1ccc(F)cc1Cl)N1CC(Oc2cccnc2)C1. The first-order chi connectivity index (χ1) is 10.1. The minimum absolute atomic E-state index is 0.0580. The number of hydrogen-bond donors (Lipinski definition) is 0. The quantitative estimate of drug-likeness (QED) is 0.875. The number of halogens is 2. The summed E-state index contributed by atoms with van der Waals surface area (Å²) in [4.78, 5) is 17.8. The van der Waals surface area contributed by atoms with Crippen molar-refractivity contribution in [1.82, 2.24) is 9.88 Å². The van der Waals surface area contributed by atoms with Crippen LogP contribution < -0.4 is 4.74 Å². The molecule has 0 aliphatic carbocycles. The van der Waals surface area contributed by atoms with E-state index in [0.29, 0.717) is 24.4 Å². The summed E-state index contributed by atoms with van der Waals surface area (Å²) in [6.07, 6.45) is 3.23. The van der Waals surface area contributed by atoms with Gasteiger partial charge in [-0.05, 0) is 30.3 Å². The topological polar surface area (TPSA) is 42.4 Å². The van der Waals surface area contributed by atoms with Gasteiger partial charge in [0.1, 0.15) is 17.7 Å². The Bertz CT molecular complexity index is 660.